The first-order chi connectivity index (χ1) is 8.30. The maximum atomic E-state index is 11.0. The summed E-state index contributed by atoms with van der Waals surface area (Å²) in [4.78, 5) is 24.6. The molecule has 0 bridgehead atoms. The van der Waals surface area contributed by atoms with Crippen LogP contribution in [0.2, 0.25) is 0 Å². The zero-order valence-corrected chi connectivity index (χ0v) is 10.8. The molecule has 18 heavy (non-hydrogen) atoms. The van der Waals surface area contributed by atoms with Crippen LogP contribution in [0.3, 0.4) is 0 Å². The van der Waals surface area contributed by atoms with Gasteiger partial charge in [0.15, 0.2) is 11.7 Å². The number of carboxylic acid groups (broad SMARTS) is 1. The standard InChI is InChI=1S/C9H10BrN3O5/c1-9(4-14,8(15)16)12-6-2-5(10)3-11-7(6)13(17)18/h2-3,12,14H,4H2,1H3,(H,15,16). The second-order valence-corrected chi connectivity index (χ2v) is 4.62. The third kappa shape index (κ3) is 2.93. The first kappa shape index (κ1) is 14.3. The van der Waals surface area contributed by atoms with Gasteiger partial charge in [-0.25, -0.2) is 4.79 Å². The summed E-state index contributed by atoms with van der Waals surface area (Å²) in [5.41, 5.74) is -1.82. The topological polar surface area (TPSA) is 126 Å². The summed E-state index contributed by atoms with van der Waals surface area (Å²) < 4.78 is 0.446. The second-order valence-electron chi connectivity index (χ2n) is 3.70. The van der Waals surface area contributed by atoms with Gasteiger partial charge in [0, 0.05) is 0 Å². The van der Waals surface area contributed by atoms with Gasteiger partial charge in [0.1, 0.15) is 5.69 Å². The molecule has 0 aromatic carbocycles. The fourth-order valence-electron chi connectivity index (χ4n) is 1.13. The summed E-state index contributed by atoms with van der Waals surface area (Å²) in [7, 11) is 0. The number of nitrogens with one attached hydrogen (secondary N) is 1. The number of hydrogen-bond donors (Lipinski definition) is 3. The molecule has 1 aromatic heterocycles. The Bertz CT molecular complexity index is 495. The summed E-state index contributed by atoms with van der Waals surface area (Å²) >= 11 is 3.08. The molecule has 0 aliphatic carbocycles. The average molecular weight is 320 g/mol. The molecule has 0 saturated carbocycles. The molecule has 0 aliphatic heterocycles. The third-order valence-electron chi connectivity index (χ3n) is 2.21. The van der Waals surface area contributed by atoms with Crippen LogP contribution >= 0.6 is 15.9 Å². The predicted octanol–water partition coefficient (Wildman–Crippen LogP) is 1.000. The Balaban J connectivity index is 3.20. The van der Waals surface area contributed by atoms with Crippen LogP contribution in [0.5, 0.6) is 0 Å². The maximum absolute atomic E-state index is 11.0. The quantitative estimate of drug-likeness (QED) is 0.546. The number of nitrogens with zero attached hydrogens (tertiary/aromatic N) is 2. The molecular weight excluding hydrogens is 310 g/mol. The van der Waals surface area contributed by atoms with Crippen LogP contribution in [-0.2, 0) is 4.79 Å². The van der Waals surface area contributed by atoms with Gasteiger partial charge in [-0.05, 0) is 38.8 Å². The highest BCUT2D eigenvalue weighted by Crippen LogP contribution is 2.27. The molecule has 0 spiro atoms. The lowest BCUT2D eigenvalue weighted by Gasteiger charge is -2.24. The zero-order valence-electron chi connectivity index (χ0n) is 9.25. The average Bonchev–Trinajstić information content (AvgIpc) is 2.28. The van der Waals surface area contributed by atoms with Crippen molar-refractivity contribution in [2.45, 2.75) is 12.5 Å². The van der Waals surface area contributed by atoms with E-state index < -0.39 is 28.9 Å². The zero-order chi connectivity index (χ0) is 13.9. The highest BCUT2D eigenvalue weighted by molar-refractivity contribution is 9.10. The van der Waals surface area contributed by atoms with Crippen LogP contribution in [0, 0.1) is 10.1 Å². The van der Waals surface area contributed by atoms with E-state index in [-0.39, 0.29) is 5.69 Å². The van der Waals surface area contributed by atoms with Gasteiger partial charge in [-0.2, -0.15) is 0 Å². The molecule has 1 atom stereocenters. The van der Waals surface area contributed by atoms with Gasteiger partial charge < -0.3 is 25.6 Å². The summed E-state index contributed by atoms with van der Waals surface area (Å²) in [6, 6.07) is 1.32. The molecule has 1 heterocycles. The van der Waals surface area contributed by atoms with E-state index in [1.54, 1.807) is 0 Å². The molecule has 1 unspecified atom stereocenters. The number of rotatable bonds is 5. The number of pyridine rings is 1. The lowest BCUT2D eigenvalue weighted by molar-refractivity contribution is -0.388. The highest BCUT2D eigenvalue weighted by atomic mass is 79.9. The maximum Gasteiger partial charge on any atom is 0.387 e. The van der Waals surface area contributed by atoms with Crippen molar-refractivity contribution < 1.29 is 19.9 Å². The van der Waals surface area contributed by atoms with Gasteiger partial charge in [-0.1, -0.05) is 0 Å². The number of anilines is 1. The summed E-state index contributed by atoms with van der Waals surface area (Å²) in [6.45, 7) is 0.478. The molecule has 0 radical (unpaired) electrons. The minimum absolute atomic E-state index is 0.0895. The van der Waals surface area contributed by atoms with E-state index in [4.69, 9.17) is 10.2 Å². The number of aliphatic hydroxyl groups excluding tert-OH is 1. The molecule has 1 aromatic rings. The number of aromatic nitrogens is 1. The molecule has 1 rings (SSSR count). The van der Waals surface area contributed by atoms with E-state index in [0.717, 1.165) is 0 Å². The van der Waals surface area contributed by atoms with Gasteiger partial charge in [0.25, 0.3) is 0 Å². The van der Waals surface area contributed by atoms with E-state index in [2.05, 4.69) is 26.2 Å². The molecule has 0 amide bonds. The summed E-state index contributed by atoms with van der Waals surface area (Å²) in [5.74, 6) is -1.85. The number of nitro groups is 1. The molecule has 0 saturated heterocycles. The van der Waals surface area contributed by atoms with Crippen LogP contribution in [-0.4, -0.2) is 38.2 Å². The number of carbonyl (C=O) groups is 1. The van der Waals surface area contributed by atoms with E-state index in [1.165, 1.54) is 19.2 Å². The fourth-order valence-corrected chi connectivity index (χ4v) is 1.46. The van der Waals surface area contributed by atoms with E-state index >= 15 is 0 Å². The Morgan fingerprint density at radius 2 is 2.33 bits per heavy atom. The smallest absolute Gasteiger partial charge is 0.387 e. The molecule has 8 nitrogen and oxygen atoms in total. The first-order valence-corrected chi connectivity index (χ1v) is 5.52. The van der Waals surface area contributed by atoms with Crippen LogP contribution in [0.25, 0.3) is 0 Å². The second kappa shape index (κ2) is 5.27. The largest absolute Gasteiger partial charge is 0.479 e. The number of hydrogen-bond acceptors (Lipinski definition) is 6. The van der Waals surface area contributed by atoms with Crippen molar-refractivity contribution in [1.82, 2.24) is 4.98 Å². The predicted molar refractivity (Wildman–Crippen MR) is 65.3 cm³/mol. The van der Waals surface area contributed by atoms with Gasteiger partial charge >= 0.3 is 11.8 Å². The Labute approximate surface area is 110 Å². The van der Waals surface area contributed by atoms with Crippen LogP contribution in [0.4, 0.5) is 11.5 Å². The van der Waals surface area contributed by atoms with Crippen molar-refractivity contribution in [3.63, 3.8) is 0 Å². The molecular formula is C9H10BrN3O5. The summed E-state index contributed by atoms with van der Waals surface area (Å²) in [5, 5.41) is 31.2. The van der Waals surface area contributed by atoms with Crippen molar-refractivity contribution >= 4 is 33.4 Å². The van der Waals surface area contributed by atoms with Crippen molar-refractivity contribution in [1.29, 1.82) is 0 Å². The molecule has 0 aliphatic rings. The highest BCUT2D eigenvalue weighted by Gasteiger charge is 2.34. The Morgan fingerprint density at radius 3 is 2.78 bits per heavy atom. The first-order valence-electron chi connectivity index (χ1n) is 4.72. The number of carboxylic acids is 1. The molecule has 9 heteroatoms. The van der Waals surface area contributed by atoms with E-state index in [0.29, 0.717) is 4.47 Å². The van der Waals surface area contributed by atoms with Gasteiger partial charge in [0.05, 0.1) is 11.1 Å². The normalized spacial score (nSPS) is 13.7. The Hall–Kier alpha value is -1.74. The fraction of sp³-hybridized carbons (Fsp3) is 0.333. The van der Waals surface area contributed by atoms with Crippen molar-refractivity contribution in [2.24, 2.45) is 0 Å². The minimum atomic E-state index is -1.73. The minimum Gasteiger partial charge on any atom is -0.479 e. The van der Waals surface area contributed by atoms with Gasteiger partial charge in [-0.15, -0.1) is 0 Å². The van der Waals surface area contributed by atoms with E-state index in [9.17, 15) is 14.9 Å². The van der Waals surface area contributed by atoms with Crippen molar-refractivity contribution in [3.05, 3.63) is 26.9 Å². The lowest BCUT2D eigenvalue weighted by atomic mass is 10.0. The van der Waals surface area contributed by atoms with Crippen molar-refractivity contribution in [3.8, 4) is 0 Å². The third-order valence-corrected chi connectivity index (χ3v) is 2.64. The van der Waals surface area contributed by atoms with Gasteiger partial charge in [0.2, 0.25) is 0 Å². The van der Waals surface area contributed by atoms with Crippen LogP contribution < -0.4 is 5.32 Å². The number of aliphatic carboxylic acids is 1. The van der Waals surface area contributed by atoms with Gasteiger partial charge in [-0.3, -0.25) is 0 Å². The van der Waals surface area contributed by atoms with Crippen molar-refractivity contribution in [2.75, 3.05) is 11.9 Å². The van der Waals surface area contributed by atoms with E-state index in [1.807, 2.05) is 0 Å². The number of halogens is 1. The Morgan fingerprint density at radius 1 is 1.72 bits per heavy atom. The lowest BCUT2D eigenvalue weighted by Crippen LogP contribution is -2.47. The summed E-state index contributed by atoms with van der Waals surface area (Å²) in [6.07, 6.45) is 1.22. The Kier molecular flexibility index (Phi) is 4.19. The molecule has 0 fully saturated rings. The SMILES string of the molecule is CC(CO)(Nc1cc(Br)cnc1[N+](=O)[O-])C(=O)O. The van der Waals surface area contributed by atoms with Crippen LogP contribution in [0.15, 0.2) is 16.7 Å². The molecule has 3 N–H and O–H groups in total. The van der Waals surface area contributed by atoms with Crippen LogP contribution in [0.1, 0.15) is 6.92 Å². The number of aliphatic hydroxyl groups is 1. The molecule has 98 valence electrons. The monoisotopic (exact) mass is 319 g/mol.